The van der Waals surface area contributed by atoms with Gasteiger partial charge in [-0.15, -0.1) is 23.5 Å². The van der Waals surface area contributed by atoms with Gasteiger partial charge < -0.3 is 0 Å². The molecule has 0 aromatic rings. The fourth-order valence-electron chi connectivity index (χ4n) is 0.861. The van der Waals surface area contributed by atoms with E-state index in [0.717, 1.165) is 5.25 Å². The van der Waals surface area contributed by atoms with E-state index in [0.29, 0.717) is 0 Å². The molecule has 48 valence electrons. The Hall–Kier alpha value is 0.700. The lowest BCUT2D eigenvalue weighted by atomic mass is 10.3. The standard InChI is InChI=1S/C6H12S2/c1-2-3-6-4-7-5-8-6/h6H,2-5H2,1H3. The monoisotopic (exact) mass is 148 g/mol. The summed E-state index contributed by atoms with van der Waals surface area (Å²) in [5.41, 5.74) is 0. The Kier molecular flexibility index (Phi) is 3.13. The van der Waals surface area contributed by atoms with Crippen molar-refractivity contribution in [1.82, 2.24) is 0 Å². The van der Waals surface area contributed by atoms with Gasteiger partial charge >= 0.3 is 0 Å². The van der Waals surface area contributed by atoms with Gasteiger partial charge in [-0.25, -0.2) is 0 Å². The van der Waals surface area contributed by atoms with E-state index in [1.165, 1.54) is 23.7 Å². The van der Waals surface area contributed by atoms with Gasteiger partial charge in [0.15, 0.2) is 0 Å². The van der Waals surface area contributed by atoms with Crippen molar-refractivity contribution < 1.29 is 0 Å². The zero-order chi connectivity index (χ0) is 5.82. The molecule has 2 heteroatoms. The Labute approximate surface area is 59.8 Å². The molecule has 0 radical (unpaired) electrons. The van der Waals surface area contributed by atoms with Crippen molar-refractivity contribution in [3.8, 4) is 0 Å². The topological polar surface area (TPSA) is 0 Å². The molecule has 1 rings (SSSR count). The molecule has 0 spiro atoms. The van der Waals surface area contributed by atoms with Gasteiger partial charge in [-0.1, -0.05) is 13.3 Å². The highest BCUT2D eigenvalue weighted by Gasteiger charge is 2.13. The van der Waals surface area contributed by atoms with Crippen LogP contribution in [0, 0.1) is 0 Å². The van der Waals surface area contributed by atoms with E-state index in [-0.39, 0.29) is 0 Å². The summed E-state index contributed by atoms with van der Waals surface area (Å²) in [6, 6.07) is 0. The second kappa shape index (κ2) is 3.67. The molecule has 0 bridgehead atoms. The van der Waals surface area contributed by atoms with Crippen molar-refractivity contribution in [3.05, 3.63) is 0 Å². The average molecular weight is 148 g/mol. The van der Waals surface area contributed by atoms with Gasteiger partial charge in [0.25, 0.3) is 0 Å². The van der Waals surface area contributed by atoms with Crippen LogP contribution in [0.1, 0.15) is 19.8 Å². The van der Waals surface area contributed by atoms with Crippen molar-refractivity contribution in [2.45, 2.75) is 25.0 Å². The third-order valence-corrected chi connectivity index (χ3v) is 4.24. The molecule has 1 fully saturated rings. The molecule has 0 N–H and O–H groups in total. The molecule has 1 unspecified atom stereocenters. The van der Waals surface area contributed by atoms with Crippen LogP contribution < -0.4 is 0 Å². The molecule has 8 heavy (non-hydrogen) atoms. The number of hydrogen-bond donors (Lipinski definition) is 0. The molecule has 1 aliphatic rings. The Morgan fingerprint density at radius 1 is 1.62 bits per heavy atom. The smallest absolute Gasteiger partial charge is 0.0395 e. The van der Waals surface area contributed by atoms with E-state index in [4.69, 9.17) is 0 Å². The normalized spacial score (nSPS) is 28.9. The van der Waals surface area contributed by atoms with Crippen LogP contribution in [-0.4, -0.2) is 16.1 Å². The van der Waals surface area contributed by atoms with Gasteiger partial charge in [-0.3, -0.25) is 0 Å². The highest BCUT2D eigenvalue weighted by atomic mass is 32.2. The third kappa shape index (κ3) is 1.90. The average Bonchev–Trinajstić information content (AvgIpc) is 2.19. The van der Waals surface area contributed by atoms with Gasteiger partial charge in [0, 0.05) is 16.1 Å². The lowest BCUT2D eigenvalue weighted by Gasteiger charge is -2.01. The van der Waals surface area contributed by atoms with E-state index in [1.54, 1.807) is 0 Å². The van der Waals surface area contributed by atoms with Gasteiger partial charge in [0.1, 0.15) is 0 Å². The first-order valence-electron chi connectivity index (χ1n) is 3.13. The predicted octanol–water partition coefficient (Wildman–Crippen LogP) is 2.59. The molecular weight excluding hydrogens is 136 g/mol. The molecule has 1 saturated heterocycles. The summed E-state index contributed by atoms with van der Waals surface area (Å²) in [5.74, 6) is 1.40. The minimum Gasteiger partial charge on any atom is -0.150 e. The van der Waals surface area contributed by atoms with Crippen molar-refractivity contribution in [2.24, 2.45) is 0 Å². The van der Waals surface area contributed by atoms with Crippen LogP contribution in [0.25, 0.3) is 0 Å². The van der Waals surface area contributed by atoms with E-state index in [1.807, 2.05) is 0 Å². The molecule has 1 aliphatic heterocycles. The summed E-state index contributed by atoms with van der Waals surface area (Å²) < 4.78 is 0. The molecular formula is C6H12S2. The van der Waals surface area contributed by atoms with Gasteiger partial charge in [-0.05, 0) is 6.42 Å². The van der Waals surface area contributed by atoms with Gasteiger partial charge in [0.05, 0.1) is 0 Å². The molecule has 0 aromatic heterocycles. The number of hydrogen-bond acceptors (Lipinski definition) is 2. The Morgan fingerprint density at radius 2 is 2.50 bits per heavy atom. The van der Waals surface area contributed by atoms with Gasteiger partial charge in [0.2, 0.25) is 0 Å². The Morgan fingerprint density at radius 3 is 3.00 bits per heavy atom. The predicted molar refractivity (Wildman–Crippen MR) is 43.6 cm³/mol. The van der Waals surface area contributed by atoms with Crippen molar-refractivity contribution in [1.29, 1.82) is 0 Å². The Balaban J connectivity index is 2.06. The molecule has 0 nitrogen and oxygen atoms in total. The second-order valence-corrected chi connectivity index (χ2v) is 4.75. The quantitative estimate of drug-likeness (QED) is 0.590. The van der Waals surface area contributed by atoms with Crippen molar-refractivity contribution in [2.75, 3.05) is 10.8 Å². The first-order valence-corrected chi connectivity index (χ1v) is 5.33. The van der Waals surface area contributed by atoms with Crippen LogP contribution in [-0.2, 0) is 0 Å². The Bertz CT molecular complexity index is 57.5. The van der Waals surface area contributed by atoms with Gasteiger partial charge in [-0.2, -0.15) is 0 Å². The summed E-state index contributed by atoms with van der Waals surface area (Å²) in [6.45, 7) is 2.27. The van der Waals surface area contributed by atoms with Crippen LogP contribution >= 0.6 is 23.5 Å². The SMILES string of the molecule is CCCC1CSCS1. The lowest BCUT2D eigenvalue weighted by Crippen LogP contribution is -1.98. The first kappa shape index (κ1) is 6.81. The largest absolute Gasteiger partial charge is 0.150 e. The molecule has 0 saturated carbocycles. The van der Waals surface area contributed by atoms with Crippen LogP contribution in [0.4, 0.5) is 0 Å². The maximum atomic E-state index is 2.27. The van der Waals surface area contributed by atoms with Crippen LogP contribution in [0.15, 0.2) is 0 Å². The summed E-state index contributed by atoms with van der Waals surface area (Å²) in [7, 11) is 0. The van der Waals surface area contributed by atoms with E-state index >= 15 is 0 Å². The second-order valence-electron chi connectivity index (χ2n) is 2.07. The van der Waals surface area contributed by atoms with E-state index in [2.05, 4.69) is 30.4 Å². The molecule has 1 atom stereocenters. The summed E-state index contributed by atoms with van der Waals surface area (Å²) in [5, 5.41) is 2.33. The first-order chi connectivity index (χ1) is 3.93. The summed E-state index contributed by atoms with van der Waals surface area (Å²) >= 11 is 4.22. The van der Waals surface area contributed by atoms with Crippen LogP contribution in [0.3, 0.4) is 0 Å². The minimum atomic E-state index is 0.991. The molecule has 0 amide bonds. The molecule has 0 aromatic carbocycles. The summed E-state index contributed by atoms with van der Waals surface area (Å²) in [4.78, 5) is 0. The minimum absolute atomic E-state index is 0.991. The van der Waals surface area contributed by atoms with Crippen molar-refractivity contribution in [3.63, 3.8) is 0 Å². The fourth-order valence-corrected chi connectivity index (χ4v) is 3.91. The molecule has 0 aliphatic carbocycles. The van der Waals surface area contributed by atoms with E-state index in [9.17, 15) is 0 Å². The fraction of sp³-hybridized carbons (Fsp3) is 1.00. The number of rotatable bonds is 2. The lowest BCUT2D eigenvalue weighted by molar-refractivity contribution is 0.798. The summed E-state index contributed by atoms with van der Waals surface area (Å²) in [6.07, 6.45) is 2.79. The van der Waals surface area contributed by atoms with Crippen molar-refractivity contribution >= 4 is 23.5 Å². The van der Waals surface area contributed by atoms with Crippen LogP contribution in [0.5, 0.6) is 0 Å². The number of thioether (sulfide) groups is 2. The maximum absolute atomic E-state index is 2.27. The zero-order valence-corrected chi connectivity index (χ0v) is 6.86. The zero-order valence-electron chi connectivity index (χ0n) is 5.22. The van der Waals surface area contributed by atoms with Crippen LogP contribution in [0.2, 0.25) is 0 Å². The highest BCUT2D eigenvalue weighted by Crippen LogP contribution is 2.31. The van der Waals surface area contributed by atoms with E-state index < -0.39 is 0 Å². The highest BCUT2D eigenvalue weighted by molar-refractivity contribution is 8.19. The third-order valence-electron chi connectivity index (χ3n) is 1.30. The maximum Gasteiger partial charge on any atom is 0.0395 e. The molecule has 1 heterocycles.